The van der Waals surface area contributed by atoms with Crippen LogP contribution in [0.25, 0.3) is 11.1 Å². The van der Waals surface area contributed by atoms with Crippen molar-refractivity contribution in [3.63, 3.8) is 0 Å². The van der Waals surface area contributed by atoms with Crippen LogP contribution in [0, 0.1) is 11.7 Å². The third kappa shape index (κ3) is 6.40. The average Bonchev–Trinajstić information content (AvgIpc) is 3.33. The highest BCUT2D eigenvalue weighted by atomic mass is 19.1. The van der Waals surface area contributed by atoms with Crippen LogP contribution in [0.4, 0.5) is 8.78 Å². The number of piperidine rings is 1. The van der Waals surface area contributed by atoms with Gasteiger partial charge in [0.05, 0.1) is 6.61 Å². The lowest BCUT2D eigenvalue weighted by atomic mass is 9.97. The summed E-state index contributed by atoms with van der Waals surface area (Å²) in [5.41, 5.74) is 5.73. The zero-order chi connectivity index (χ0) is 25.9. The smallest absolute Gasteiger partial charge is 0.254 e. The largest absolute Gasteiger partial charge is 0.493 e. The van der Waals surface area contributed by atoms with Gasteiger partial charge >= 0.3 is 0 Å². The van der Waals surface area contributed by atoms with Gasteiger partial charge in [-0.1, -0.05) is 12.1 Å². The fourth-order valence-corrected chi connectivity index (χ4v) is 5.14. The standard InChI is InChI=1S/C28H35F2N3O3/c1-28(2,30)18-32-14-11-19(12-15-32)17-36-22-9-10-23(24(29)16-22)20-5-7-21(8-6-20)27(35)33-13-3-4-25(33)26(31)34/h5-10,16,19,25H,3-4,11-15,17-18H2,1-2H3,(H2,31,34). The maximum absolute atomic E-state index is 14.9. The number of hydrogen-bond acceptors (Lipinski definition) is 4. The second-order valence-corrected chi connectivity index (χ2v) is 10.5. The number of ether oxygens (including phenoxy) is 1. The molecule has 0 saturated carbocycles. The van der Waals surface area contributed by atoms with Gasteiger partial charge in [-0.15, -0.1) is 0 Å². The maximum Gasteiger partial charge on any atom is 0.254 e. The Balaban J connectivity index is 1.33. The fourth-order valence-electron chi connectivity index (χ4n) is 5.14. The molecule has 2 heterocycles. The molecule has 0 aliphatic carbocycles. The molecule has 4 rings (SSSR count). The molecule has 6 nitrogen and oxygen atoms in total. The summed E-state index contributed by atoms with van der Waals surface area (Å²) in [6, 6.07) is 10.9. The van der Waals surface area contributed by atoms with E-state index in [4.69, 9.17) is 10.5 Å². The lowest BCUT2D eigenvalue weighted by molar-refractivity contribution is -0.121. The molecule has 2 saturated heterocycles. The predicted octanol–water partition coefficient (Wildman–Crippen LogP) is 4.42. The van der Waals surface area contributed by atoms with Crippen molar-refractivity contribution in [2.75, 3.05) is 32.8 Å². The maximum atomic E-state index is 14.9. The van der Waals surface area contributed by atoms with Crippen molar-refractivity contribution in [3.05, 3.63) is 53.8 Å². The number of benzene rings is 2. The van der Waals surface area contributed by atoms with Crippen LogP contribution in [-0.4, -0.2) is 66.1 Å². The minimum absolute atomic E-state index is 0.244. The molecule has 0 spiro atoms. The highest BCUT2D eigenvalue weighted by Crippen LogP contribution is 2.29. The molecule has 2 fully saturated rings. The van der Waals surface area contributed by atoms with Crippen molar-refractivity contribution >= 4 is 11.8 Å². The van der Waals surface area contributed by atoms with E-state index in [2.05, 4.69) is 4.90 Å². The highest BCUT2D eigenvalue weighted by Gasteiger charge is 2.33. The first-order valence-electron chi connectivity index (χ1n) is 12.6. The van der Waals surface area contributed by atoms with Crippen LogP contribution in [0.5, 0.6) is 5.75 Å². The van der Waals surface area contributed by atoms with Crippen molar-refractivity contribution in [2.45, 2.75) is 51.2 Å². The molecule has 1 atom stereocenters. The molecular weight excluding hydrogens is 464 g/mol. The number of primary amides is 1. The summed E-state index contributed by atoms with van der Waals surface area (Å²) in [4.78, 5) is 28.1. The summed E-state index contributed by atoms with van der Waals surface area (Å²) < 4.78 is 34.6. The predicted molar refractivity (Wildman–Crippen MR) is 135 cm³/mol. The second kappa shape index (κ2) is 10.9. The van der Waals surface area contributed by atoms with Crippen molar-refractivity contribution in [1.82, 2.24) is 9.80 Å². The summed E-state index contributed by atoms with van der Waals surface area (Å²) >= 11 is 0. The van der Waals surface area contributed by atoms with Gasteiger partial charge in [0.25, 0.3) is 5.91 Å². The Bertz CT molecular complexity index is 1080. The van der Waals surface area contributed by atoms with Crippen LogP contribution in [0.15, 0.2) is 42.5 Å². The lowest BCUT2D eigenvalue weighted by Gasteiger charge is -2.34. The van der Waals surface area contributed by atoms with Gasteiger partial charge in [0.15, 0.2) is 0 Å². The van der Waals surface area contributed by atoms with E-state index < -0.39 is 23.4 Å². The average molecular weight is 500 g/mol. The van der Waals surface area contributed by atoms with E-state index in [1.54, 1.807) is 50.2 Å². The molecule has 2 aliphatic heterocycles. The molecule has 2 N–H and O–H groups in total. The fraction of sp³-hybridized carbons (Fsp3) is 0.500. The SMILES string of the molecule is CC(C)(F)CN1CCC(COc2ccc(-c3ccc(C(=O)N4CCCC4C(N)=O)cc3)c(F)c2)CC1. The number of rotatable bonds is 8. The molecule has 1 unspecified atom stereocenters. The number of amides is 2. The normalized spacial score (nSPS) is 19.4. The topological polar surface area (TPSA) is 75.9 Å². The Morgan fingerprint density at radius 3 is 2.36 bits per heavy atom. The molecule has 0 bridgehead atoms. The summed E-state index contributed by atoms with van der Waals surface area (Å²) in [6.07, 6.45) is 3.18. The number of nitrogens with two attached hydrogens (primary N) is 1. The van der Waals surface area contributed by atoms with E-state index in [9.17, 15) is 18.4 Å². The number of hydrogen-bond donors (Lipinski definition) is 1. The number of alkyl halides is 1. The number of halogens is 2. The van der Waals surface area contributed by atoms with Crippen LogP contribution in [0.3, 0.4) is 0 Å². The van der Waals surface area contributed by atoms with Crippen molar-refractivity contribution < 1.29 is 23.1 Å². The van der Waals surface area contributed by atoms with E-state index in [-0.39, 0.29) is 5.91 Å². The zero-order valence-electron chi connectivity index (χ0n) is 21.0. The quantitative estimate of drug-likeness (QED) is 0.583. The van der Waals surface area contributed by atoms with Gasteiger partial charge < -0.3 is 20.3 Å². The molecule has 8 heteroatoms. The van der Waals surface area contributed by atoms with Crippen molar-refractivity contribution in [1.29, 1.82) is 0 Å². The van der Waals surface area contributed by atoms with Crippen LogP contribution in [-0.2, 0) is 4.79 Å². The van der Waals surface area contributed by atoms with Gasteiger partial charge in [0.1, 0.15) is 23.3 Å². The number of nitrogens with zero attached hydrogens (tertiary/aromatic N) is 2. The van der Waals surface area contributed by atoms with E-state index in [0.29, 0.717) is 54.5 Å². The minimum Gasteiger partial charge on any atom is -0.493 e. The Morgan fingerprint density at radius 1 is 1.06 bits per heavy atom. The highest BCUT2D eigenvalue weighted by molar-refractivity contribution is 5.98. The molecule has 194 valence electrons. The summed E-state index contributed by atoms with van der Waals surface area (Å²) in [5, 5.41) is 0. The van der Waals surface area contributed by atoms with Gasteiger partial charge in [0.2, 0.25) is 5.91 Å². The first-order valence-corrected chi connectivity index (χ1v) is 12.6. The Labute approximate surface area is 211 Å². The second-order valence-electron chi connectivity index (χ2n) is 10.5. The number of carbonyl (C=O) groups is 2. The summed E-state index contributed by atoms with van der Waals surface area (Å²) in [5.74, 6) is -0.303. The Kier molecular flexibility index (Phi) is 7.93. The Morgan fingerprint density at radius 2 is 1.75 bits per heavy atom. The number of carbonyl (C=O) groups excluding carboxylic acids is 2. The minimum atomic E-state index is -1.19. The van der Waals surface area contributed by atoms with Crippen LogP contribution in [0.2, 0.25) is 0 Å². The summed E-state index contributed by atoms with van der Waals surface area (Å²) in [6.45, 7) is 6.33. The summed E-state index contributed by atoms with van der Waals surface area (Å²) in [7, 11) is 0. The van der Waals surface area contributed by atoms with E-state index in [0.717, 1.165) is 32.4 Å². The van der Waals surface area contributed by atoms with Crippen LogP contribution in [0.1, 0.15) is 49.9 Å². The third-order valence-electron chi connectivity index (χ3n) is 7.02. The monoisotopic (exact) mass is 499 g/mol. The van der Waals surface area contributed by atoms with Crippen molar-refractivity contribution in [3.8, 4) is 16.9 Å². The van der Waals surface area contributed by atoms with E-state index in [1.807, 2.05) is 0 Å². The first kappa shape index (κ1) is 26.1. The molecular formula is C28H35F2N3O3. The van der Waals surface area contributed by atoms with E-state index >= 15 is 0 Å². The number of likely N-dealkylation sites (tertiary alicyclic amines) is 2. The lowest BCUT2D eigenvalue weighted by Crippen LogP contribution is -2.43. The van der Waals surface area contributed by atoms with Gasteiger partial charge in [0, 0.05) is 30.3 Å². The van der Waals surface area contributed by atoms with E-state index in [1.165, 1.54) is 11.0 Å². The molecule has 36 heavy (non-hydrogen) atoms. The van der Waals surface area contributed by atoms with Gasteiger partial charge in [-0.05, 0) is 88.4 Å². The third-order valence-corrected chi connectivity index (χ3v) is 7.02. The zero-order valence-corrected chi connectivity index (χ0v) is 21.0. The molecule has 2 aromatic rings. The molecule has 2 amide bonds. The molecule has 2 aliphatic rings. The van der Waals surface area contributed by atoms with Gasteiger partial charge in [-0.2, -0.15) is 0 Å². The molecule has 0 aromatic heterocycles. The first-order chi connectivity index (χ1) is 17.1. The Hall–Kier alpha value is -3.00. The molecule has 2 aromatic carbocycles. The van der Waals surface area contributed by atoms with Gasteiger partial charge in [-0.3, -0.25) is 9.59 Å². The van der Waals surface area contributed by atoms with Crippen LogP contribution >= 0.6 is 0 Å². The van der Waals surface area contributed by atoms with Gasteiger partial charge in [-0.25, -0.2) is 8.78 Å². The van der Waals surface area contributed by atoms with Crippen LogP contribution < -0.4 is 10.5 Å². The molecule has 0 radical (unpaired) electrons. The van der Waals surface area contributed by atoms with Crippen molar-refractivity contribution in [2.24, 2.45) is 11.7 Å².